The second-order valence-electron chi connectivity index (χ2n) is 9.69. The number of fused-ring (bicyclic) bond motifs is 1. The van der Waals surface area contributed by atoms with Gasteiger partial charge in [-0.05, 0) is 61.6 Å². The van der Waals surface area contributed by atoms with Crippen molar-refractivity contribution in [2.45, 2.75) is 38.5 Å². The van der Waals surface area contributed by atoms with Crippen LogP contribution in [0.25, 0.3) is 0 Å². The third kappa shape index (κ3) is 4.40. The first kappa shape index (κ1) is 22.5. The molecule has 0 bridgehead atoms. The Kier molecular flexibility index (Phi) is 6.53. The van der Waals surface area contributed by atoms with E-state index in [-0.39, 0.29) is 23.7 Å². The second-order valence-corrected chi connectivity index (χ2v) is 9.69. The molecule has 0 spiro atoms. The highest BCUT2D eigenvalue weighted by atomic mass is 16.2. The number of para-hydroxylation sites is 1. The standard InChI is InChI=1S/C28H32N4O2/c29-20-21-10-12-23(13-11-21)30-15-5-16-31(19-18-30)27(33)24-7-2-3-8-25(24)28(34)32-17-14-22-6-1-4-9-26(22)32/h1,4,6,9-13,24-25H,2-3,5,7-8,14-19H2. The Labute approximate surface area is 201 Å². The maximum Gasteiger partial charge on any atom is 0.230 e. The van der Waals surface area contributed by atoms with Crippen LogP contribution in [0.2, 0.25) is 0 Å². The van der Waals surface area contributed by atoms with Gasteiger partial charge in [0, 0.05) is 50.0 Å². The fraction of sp³-hybridized carbons (Fsp3) is 0.464. The smallest absolute Gasteiger partial charge is 0.230 e. The molecule has 3 aliphatic rings. The molecule has 34 heavy (non-hydrogen) atoms. The van der Waals surface area contributed by atoms with Crippen LogP contribution in [0.5, 0.6) is 0 Å². The molecule has 6 nitrogen and oxygen atoms in total. The van der Waals surface area contributed by atoms with E-state index in [1.165, 1.54) is 5.56 Å². The Bertz CT molecular complexity index is 1090. The summed E-state index contributed by atoms with van der Waals surface area (Å²) in [6.45, 7) is 3.77. The van der Waals surface area contributed by atoms with Crippen molar-refractivity contribution < 1.29 is 9.59 Å². The summed E-state index contributed by atoms with van der Waals surface area (Å²) >= 11 is 0. The number of benzene rings is 2. The number of amides is 2. The van der Waals surface area contributed by atoms with Crippen LogP contribution in [0.1, 0.15) is 43.2 Å². The average Bonchev–Trinajstić information content (AvgIpc) is 3.17. The first-order chi connectivity index (χ1) is 16.7. The van der Waals surface area contributed by atoms with E-state index in [0.29, 0.717) is 12.1 Å². The molecule has 176 valence electrons. The molecule has 1 aliphatic carbocycles. The molecular weight excluding hydrogens is 424 g/mol. The lowest BCUT2D eigenvalue weighted by Crippen LogP contribution is -2.47. The van der Waals surface area contributed by atoms with Gasteiger partial charge in [0.25, 0.3) is 0 Å². The zero-order valence-electron chi connectivity index (χ0n) is 19.7. The molecule has 2 aromatic rings. The van der Waals surface area contributed by atoms with E-state index >= 15 is 0 Å². The lowest BCUT2D eigenvalue weighted by atomic mass is 9.77. The van der Waals surface area contributed by atoms with Gasteiger partial charge in [-0.25, -0.2) is 0 Å². The highest BCUT2D eigenvalue weighted by Crippen LogP contribution is 2.37. The van der Waals surface area contributed by atoms with Crippen LogP contribution in [-0.2, 0) is 16.0 Å². The van der Waals surface area contributed by atoms with E-state index in [0.717, 1.165) is 76.1 Å². The van der Waals surface area contributed by atoms with E-state index in [2.05, 4.69) is 17.0 Å². The first-order valence-electron chi connectivity index (χ1n) is 12.6. The number of rotatable bonds is 3. The van der Waals surface area contributed by atoms with Crippen LogP contribution >= 0.6 is 0 Å². The van der Waals surface area contributed by atoms with Crippen molar-refractivity contribution in [1.82, 2.24) is 4.90 Å². The van der Waals surface area contributed by atoms with Gasteiger partial charge in [-0.2, -0.15) is 5.26 Å². The van der Waals surface area contributed by atoms with Crippen LogP contribution < -0.4 is 9.80 Å². The fourth-order valence-corrected chi connectivity index (χ4v) is 5.87. The summed E-state index contributed by atoms with van der Waals surface area (Å²) < 4.78 is 0. The third-order valence-electron chi connectivity index (χ3n) is 7.72. The van der Waals surface area contributed by atoms with Gasteiger partial charge < -0.3 is 14.7 Å². The van der Waals surface area contributed by atoms with Crippen molar-refractivity contribution in [2.24, 2.45) is 11.8 Å². The number of hydrogen-bond donors (Lipinski definition) is 0. The van der Waals surface area contributed by atoms with E-state index < -0.39 is 0 Å². The summed E-state index contributed by atoms with van der Waals surface area (Å²) in [5.74, 6) is -0.134. The minimum Gasteiger partial charge on any atom is -0.370 e. The number of carbonyl (C=O) groups excluding carboxylic acids is 2. The first-order valence-corrected chi connectivity index (χ1v) is 12.6. The number of nitriles is 1. The quantitative estimate of drug-likeness (QED) is 0.700. The van der Waals surface area contributed by atoms with Gasteiger partial charge in [0.05, 0.1) is 17.6 Å². The number of nitrogens with zero attached hydrogens (tertiary/aromatic N) is 4. The summed E-state index contributed by atoms with van der Waals surface area (Å²) in [7, 11) is 0. The topological polar surface area (TPSA) is 67.6 Å². The second kappa shape index (κ2) is 9.89. The van der Waals surface area contributed by atoms with E-state index in [1.807, 2.05) is 52.3 Å². The molecule has 1 saturated carbocycles. The molecule has 2 heterocycles. The lowest BCUT2D eigenvalue weighted by molar-refractivity contribution is -0.142. The highest BCUT2D eigenvalue weighted by molar-refractivity contribution is 5.99. The molecule has 0 radical (unpaired) electrons. The Morgan fingerprint density at radius 3 is 2.29 bits per heavy atom. The third-order valence-corrected chi connectivity index (χ3v) is 7.72. The number of carbonyl (C=O) groups is 2. The van der Waals surface area contributed by atoms with Crippen molar-refractivity contribution in [3.05, 3.63) is 59.7 Å². The molecule has 0 N–H and O–H groups in total. The van der Waals surface area contributed by atoms with E-state index in [1.54, 1.807) is 0 Å². The summed E-state index contributed by atoms with van der Waals surface area (Å²) in [5.41, 5.74) is 4.00. The van der Waals surface area contributed by atoms with Crippen molar-refractivity contribution in [3.8, 4) is 6.07 Å². The maximum absolute atomic E-state index is 13.7. The summed E-state index contributed by atoms with van der Waals surface area (Å²) in [4.78, 5) is 33.6. The van der Waals surface area contributed by atoms with Crippen molar-refractivity contribution >= 4 is 23.2 Å². The Morgan fingerprint density at radius 2 is 1.53 bits per heavy atom. The monoisotopic (exact) mass is 456 g/mol. The van der Waals surface area contributed by atoms with Gasteiger partial charge in [0.15, 0.2) is 0 Å². The van der Waals surface area contributed by atoms with Crippen LogP contribution in [0.3, 0.4) is 0 Å². The lowest BCUT2D eigenvalue weighted by Gasteiger charge is -2.35. The Morgan fingerprint density at radius 1 is 0.794 bits per heavy atom. The zero-order chi connectivity index (χ0) is 23.5. The minimum atomic E-state index is -0.217. The minimum absolute atomic E-state index is 0.136. The van der Waals surface area contributed by atoms with Gasteiger partial charge >= 0.3 is 0 Å². The van der Waals surface area contributed by atoms with Crippen molar-refractivity contribution in [1.29, 1.82) is 5.26 Å². The normalized spacial score (nSPS) is 22.6. The summed E-state index contributed by atoms with van der Waals surface area (Å²) in [6.07, 6.45) is 5.44. The van der Waals surface area contributed by atoms with Gasteiger partial charge in [-0.1, -0.05) is 31.0 Å². The van der Waals surface area contributed by atoms with Crippen LogP contribution in [0.15, 0.2) is 48.5 Å². The van der Waals surface area contributed by atoms with Gasteiger partial charge in [0.2, 0.25) is 11.8 Å². The van der Waals surface area contributed by atoms with Crippen LogP contribution in [0.4, 0.5) is 11.4 Å². The van der Waals surface area contributed by atoms with Crippen molar-refractivity contribution in [2.75, 3.05) is 42.5 Å². The van der Waals surface area contributed by atoms with Crippen LogP contribution in [0, 0.1) is 23.2 Å². The SMILES string of the molecule is N#Cc1ccc(N2CCCN(C(=O)C3CCCCC3C(=O)N3CCc4ccccc43)CC2)cc1. The molecule has 2 fully saturated rings. The molecule has 2 amide bonds. The predicted molar refractivity (Wildman–Crippen MR) is 133 cm³/mol. The van der Waals surface area contributed by atoms with E-state index in [9.17, 15) is 9.59 Å². The van der Waals surface area contributed by atoms with Gasteiger partial charge in [-0.3, -0.25) is 9.59 Å². The Balaban J connectivity index is 1.27. The molecule has 2 aliphatic heterocycles. The van der Waals surface area contributed by atoms with E-state index in [4.69, 9.17) is 5.26 Å². The molecular formula is C28H32N4O2. The average molecular weight is 457 g/mol. The van der Waals surface area contributed by atoms with Gasteiger partial charge in [-0.15, -0.1) is 0 Å². The molecule has 0 aromatic heterocycles. The summed E-state index contributed by atoms with van der Waals surface area (Å²) in [6, 6.07) is 18.0. The molecule has 2 unspecified atom stereocenters. The molecule has 2 atom stereocenters. The van der Waals surface area contributed by atoms with Crippen molar-refractivity contribution in [3.63, 3.8) is 0 Å². The fourth-order valence-electron chi connectivity index (χ4n) is 5.87. The number of hydrogen-bond acceptors (Lipinski definition) is 4. The maximum atomic E-state index is 13.7. The largest absolute Gasteiger partial charge is 0.370 e. The summed E-state index contributed by atoms with van der Waals surface area (Å²) in [5, 5.41) is 9.05. The molecule has 2 aromatic carbocycles. The highest BCUT2D eigenvalue weighted by Gasteiger charge is 2.41. The molecule has 5 rings (SSSR count). The Hall–Kier alpha value is -3.33. The predicted octanol–water partition coefficient (Wildman–Crippen LogP) is 3.99. The molecule has 1 saturated heterocycles. The number of anilines is 2. The molecule has 6 heteroatoms. The van der Waals surface area contributed by atoms with Crippen LogP contribution in [-0.4, -0.2) is 49.4 Å². The van der Waals surface area contributed by atoms with Gasteiger partial charge in [0.1, 0.15) is 0 Å². The zero-order valence-corrected chi connectivity index (χ0v) is 19.7.